The lowest BCUT2D eigenvalue weighted by molar-refractivity contribution is 0.586. The molecule has 254 valence electrons. The first-order valence-corrected chi connectivity index (χ1v) is 18.3. The Labute approximate surface area is 310 Å². The van der Waals surface area contributed by atoms with Crippen LogP contribution in [0.4, 0.5) is 0 Å². The van der Waals surface area contributed by atoms with E-state index >= 15 is 0 Å². The Bertz CT molecular complexity index is 3100. The fraction of sp³-hybridized carbons (Fsp3) is 0.0408. The molecular weight excluding hydrogens is 663 g/mol. The van der Waals surface area contributed by atoms with E-state index in [9.17, 15) is 0 Å². The Kier molecular flexibility index (Phi) is 6.92. The van der Waals surface area contributed by atoms with Crippen LogP contribution in [-0.2, 0) is 0 Å². The molecule has 1 unspecified atom stereocenters. The van der Waals surface area contributed by atoms with Crippen molar-refractivity contribution in [1.82, 2.24) is 15.0 Å². The van der Waals surface area contributed by atoms with Crippen LogP contribution < -0.4 is 0 Å². The van der Waals surface area contributed by atoms with Gasteiger partial charge in [0.15, 0.2) is 11.6 Å². The van der Waals surface area contributed by atoms with Gasteiger partial charge in [0.2, 0.25) is 0 Å². The van der Waals surface area contributed by atoms with Gasteiger partial charge in [-0.1, -0.05) is 133 Å². The molecule has 7 aromatic carbocycles. The van der Waals surface area contributed by atoms with Gasteiger partial charge >= 0.3 is 0 Å². The molecule has 0 spiro atoms. The van der Waals surface area contributed by atoms with Crippen molar-refractivity contribution in [3.8, 4) is 45.0 Å². The monoisotopic (exact) mass is 693 g/mol. The number of fused-ring (bicyclic) bond motifs is 7. The minimum absolute atomic E-state index is 0.171. The summed E-state index contributed by atoms with van der Waals surface area (Å²) in [6.07, 6.45) is 4.98. The maximum atomic E-state index is 6.55. The van der Waals surface area contributed by atoms with Crippen LogP contribution in [0, 0.1) is 0 Å². The number of hydrogen-bond donors (Lipinski definition) is 0. The summed E-state index contributed by atoms with van der Waals surface area (Å²) in [6.45, 7) is 0. The van der Waals surface area contributed by atoms with Gasteiger partial charge in [0.1, 0.15) is 28.3 Å². The Morgan fingerprint density at radius 2 is 1.19 bits per heavy atom. The molecule has 0 aliphatic heterocycles. The highest BCUT2D eigenvalue weighted by molar-refractivity contribution is 6.09. The first kappa shape index (κ1) is 30.5. The van der Waals surface area contributed by atoms with Crippen LogP contribution in [-0.4, -0.2) is 15.0 Å². The molecule has 10 aromatic rings. The third-order valence-electron chi connectivity index (χ3n) is 10.7. The van der Waals surface area contributed by atoms with E-state index in [1.807, 2.05) is 30.3 Å². The van der Waals surface area contributed by atoms with E-state index in [2.05, 4.69) is 140 Å². The van der Waals surface area contributed by atoms with Crippen molar-refractivity contribution in [2.45, 2.75) is 12.3 Å². The molecule has 0 N–H and O–H groups in total. The van der Waals surface area contributed by atoms with E-state index in [0.29, 0.717) is 17.5 Å². The van der Waals surface area contributed by atoms with E-state index in [4.69, 9.17) is 23.8 Å². The third-order valence-corrected chi connectivity index (χ3v) is 10.7. The summed E-state index contributed by atoms with van der Waals surface area (Å²) >= 11 is 0. The molecule has 0 amide bonds. The fourth-order valence-corrected chi connectivity index (χ4v) is 8.11. The van der Waals surface area contributed by atoms with Crippen molar-refractivity contribution in [1.29, 1.82) is 0 Å². The summed E-state index contributed by atoms with van der Waals surface area (Å²) in [4.78, 5) is 15.9. The summed E-state index contributed by atoms with van der Waals surface area (Å²) in [7, 11) is 0. The van der Waals surface area contributed by atoms with Crippen molar-refractivity contribution in [3.63, 3.8) is 0 Å². The van der Waals surface area contributed by atoms with Crippen molar-refractivity contribution < 1.29 is 8.83 Å². The normalized spacial score (nSPS) is 14.0. The topological polar surface area (TPSA) is 65.0 Å². The SMILES string of the molecule is C1=Cc2oc3cccc(-c4ccccc4)c3c2C(c2nc(-c3cccc(-c4ccc5ccccc5c4)c3)nc(-c3cccc4c3oc3ccccc34)n2)C1. The smallest absolute Gasteiger partial charge is 0.167 e. The number of benzene rings is 7. The Balaban J connectivity index is 1.13. The molecule has 1 aliphatic rings. The van der Waals surface area contributed by atoms with E-state index < -0.39 is 0 Å². The molecule has 3 aromatic heterocycles. The Morgan fingerprint density at radius 1 is 0.481 bits per heavy atom. The Morgan fingerprint density at radius 3 is 2.13 bits per heavy atom. The summed E-state index contributed by atoms with van der Waals surface area (Å²) < 4.78 is 13.1. The summed E-state index contributed by atoms with van der Waals surface area (Å²) in [6, 6.07) is 54.7. The summed E-state index contributed by atoms with van der Waals surface area (Å²) in [5.41, 5.74) is 9.78. The molecule has 0 bridgehead atoms. The van der Waals surface area contributed by atoms with Gasteiger partial charge < -0.3 is 8.83 Å². The van der Waals surface area contributed by atoms with Gasteiger partial charge in [0.25, 0.3) is 0 Å². The molecular formula is C49H31N3O2. The van der Waals surface area contributed by atoms with Crippen molar-refractivity contribution in [2.75, 3.05) is 0 Å². The van der Waals surface area contributed by atoms with Crippen molar-refractivity contribution in [2.24, 2.45) is 0 Å². The van der Waals surface area contributed by atoms with Crippen molar-refractivity contribution in [3.05, 3.63) is 181 Å². The van der Waals surface area contributed by atoms with Gasteiger partial charge in [-0.3, -0.25) is 0 Å². The molecule has 5 nitrogen and oxygen atoms in total. The number of hydrogen-bond acceptors (Lipinski definition) is 5. The highest BCUT2D eigenvalue weighted by Crippen LogP contribution is 2.45. The number of rotatable bonds is 5. The second-order valence-electron chi connectivity index (χ2n) is 13.9. The minimum Gasteiger partial charge on any atom is -0.456 e. The van der Waals surface area contributed by atoms with E-state index in [-0.39, 0.29) is 5.92 Å². The second kappa shape index (κ2) is 12.2. The van der Waals surface area contributed by atoms with Gasteiger partial charge in [-0.25, -0.2) is 15.0 Å². The first-order chi connectivity index (χ1) is 26.7. The van der Waals surface area contributed by atoms with Crippen LogP contribution in [0.3, 0.4) is 0 Å². The van der Waals surface area contributed by atoms with Gasteiger partial charge in [0, 0.05) is 27.3 Å². The van der Waals surface area contributed by atoms with Crippen LogP contribution in [0.15, 0.2) is 173 Å². The van der Waals surface area contributed by atoms with Crippen molar-refractivity contribution >= 4 is 49.8 Å². The van der Waals surface area contributed by atoms with E-state index in [1.165, 1.54) is 10.8 Å². The summed E-state index contributed by atoms with van der Waals surface area (Å²) in [5.74, 6) is 2.54. The molecule has 0 fully saturated rings. The van der Waals surface area contributed by atoms with Gasteiger partial charge in [-0.2, -0.15) is 0 Å². The lowest BCUT2D eigenvalue weighted by Gasteiger charge is -2.19. The molecule has 0 saturated carbocycles. The second-order valence-corrected chi connectivity index (χ2v) is 13.9. The molecule has 11 rings (SSSR count). The summed E-state index contributed by atoms with van der Waals surface area (Å²) in [5, 5.41) is 5.60. The predicted octanol–water partition coefficient (Wildman–Crippen LogP) is 12.9. The zero-order valence-electron chi connectivity index (χ0n) is 29.1. The third kappa shape index (κ3) is 4.97. The van der Waals surface area contributed by atoms with Gasteiger partial charge in [-0.15, -0.1) is 0 Å². The number of furan rings is 2. The zero-order valence-corrected chi connectivity index (χ0v) is 29.1. The van der Waals surface area contributed by atoms with Crippen LogP contribution in [0.25, 0.3) is 94.8 Å². The number of para-hydroxylation sites is 2. The number of aromatic nitrogens is 3. The average molecular weight is 694 g/mol. The minimum atomic E-state index is -0.171. The zero-order chi connectivity index (χ0) is 35.6. The van der Waals surface area contributed by atoms with Gasteiger partial charge in [-0.05, 0) is 75.9 Å². The molecule has 5 heteroatoms. The van der Waals surface area contributed by atoms with Crippen LogP contribution >= 0.6 is 0 Å². The molecule has 54 heavy (non-hydrogen) atoms. The first-order valence-electron chi connectivity index (χ1n) is 18.3. The lowest BCUT2D eigenvalue weighted by Crippen LogP contribution is -2.12. The van der Waals surface area contributed by atoms with Crippen LogP contribution in [0.5, 0.6) is 0 Å². The molecule has 0 saturated heterocycles. The van der Waals surface area contributed by atoms with E-state index in [0.717, 1.165) is 84.0 Å². The largest absolute Gasteiger partial charge is 0.456 e. The Hall–Kier alpha value is -7.11. The van der Waals surface area contributed by atoms with Crippen LogP contribution in [0.2, 0.25) is 0 Å². The molecule has 1 aliphatic carbocycles. The quantitative estimate of drug-likeness (QED) is 0.179. The maximum absolute atomic E-state index is 6.55. The lowest BCUT2D eigenvalue weighted by atomic mass is 9.86. The highest BCUT2D eigenvalue weighted by Gasteiger charge is 2.30. The number of nitrogens with zero attached hydrogens (tertiary/aromatic N) is 3. The molecule has 0 radical (unpaired) electrons. The maximum Gasteiger partial charge on any atom is 0.167 e. The molecule has 3 heterocycles. The highest BCUT2D eigenvalue weighted by atomic mass is 16.3. The molecule has 1 atom stereocenters. The number of allylic oxidation sites excluding steroid dienone is 1. The average Bonchev–Trinajstić information content (AvgIpc) is 3.83. The fourth-order valence-electron chi connectivity index (χ4n) is 8.11. The van der Waals surface area contributed by atoms with Crippen LogP contribution in [0.1, 0.15) is 29.5 Å². The standard InChI is InChI=1S/C49H31N3O2/c1-2-13-31(14-3-1)36-19-10-24-42-44(36)45-39(21-11-25-43(45)53-42)48-50-47(35-17-8-16-33(29-35)34-27-26-30-12-4-5-15-32(30)28-34)51-49(52-48)40-22-9-20-38-37-18-6-7-23-41(37)54-46(38)40/h1-20,22-29,39H,21H2. The predicted molar refractivity (Wildman–Crippen MR) is 218 cm³/mol. The van der Waals surface area contributed by atoms with E-state index in [1.54, 1.807) is 0 Å². The van der Waals surface area contributed by atoms with Gasteiger partial charge in [0.05, 0.1) is 11.5 Å².